The van der Waals surface area contributed by atoms with E-state index < -0.39 is 0 Å². The molecule has 0 amide bonds. The number of benzene rings is 1. The Bertz CT molecular complexity index is 491. The van der Waals surface area contributed by atoms with Crippen molar-refractivity contribution in [2.24, 2.45) is 5.16 Å². The van der Waals surface area contributed by atoms with E-state index in [1.807, 2.05) is 22.9 Å². The van der Waals surface area contributed by atoms with Crippen molar-refractivity contribution in [2.75, 3.05) is 0 Å². The molecule has 1 heterocycles. The zero-order chi connectivity index (χ0) is 12.1. The first-order valence-corrected chi connectivity index (χ1v) is 5.60. The summed E-state index contributed by atoms with van der Waals surface area (Å²) >= 11 is 5.80. The summed E-state index contributed by atoms with van der Waals surface area (Å²) in [6, 6.07) is 7.23. The number of oxime groups is 1. The van der Waals surface area contributed by atoms with Crippen LogP contribution in [0.4, 0.5) is 0 Å². The van der Waals surface area contributed by atoms with Gasteiger partial charge in [0, 0.05) is 30.4 Å². The van der Waals surface area contributed by atoms with Crippen LogP contribution in [-0.2, 0) is 6.54 Å². The van der Waals surface area contributed by atoms with Gasteiger partial charge in [-0.1, -0.05) is 28.9 Å². The van der Waals surface area contributed by atoms with Crippen molar-refractivity contribution >= 4 is 17.3 Å². The number of halogens is 1. The molecule has 1 aromatic carbocycles. The van der Waals surface area contributed by atoms with Gasteiger partial charge in [-0.25, -0.2) is 4.98 Å². The van der Waals surface area contributed by atoms with Crippen LogP contribution in [0, 0.1) is 0 Å². The van der Waals surface area contributed by atoms with E-state index in [4.69, 9.17) is 16.8 Å². The highest BCUT2D eigenvalue weighted by Crippen LogP contribution is 2.12. The van der Waals surface area contributed by atoms with E-state index in [2.05, 4.69) is 10.1 Å². The third-order valence-electron chi connectivity index (χ3n) is 2.46. The lowest BCUT2D eigenvalue weighted by atomic mass is 10.1. The largest absolute Gasteiger partial charge is 0.411 e. The van der Waals surface area contributed by atoms with Crippen LogP contribution in [0.15, 0.2) is 48.1 Å². The molecular formula is C12H12ClN3O. The molecule has 1 aromatic heterocycles. The second-order valence-corrected chi connectivity index (χ2v) is 4.04. The van der Waals surface area contributed by atoms with Gasteiger partial charge in [0.1, 0.15) is 0 Å². The Morgan fingerprint density at radius 3 is 2.71 bits per heavy atom. The van der Waals surface area contributed by atoms with Crippen molar-refractivity contribution in [1.82, 2.24) is 9.55 Å². The molecule has 2 rings (SSSR count). The van der Waals surface area contributed by atoms with Crippen LogP contribution < -0.4 is 0 Å². The quantitative estimate of drug-likeness (QED) is 0.515. The molecule has 0 unspecified atom stereocenters. The number of rotatable bonds is 4. The molecule has 1 N–H and O–H groups in total. The third-order valence-corrected chi connectivity index (χ3v) is 2.72. The van der Waals surface area contributed by atoms with E-state index in [-0.39, 0.29) is 0 Å². The van der Waals surface area contributed by atoms with Crippen LogP contribution in [0.5, 0.6) is 0 Å². The number of aromatic nitrogens is 2. The lowest BCUT2D eigenvalue weighted by molar-refractivity contribution is 0.317. The lowest BCUT2D eigenvalue weighted by Crippen LogP contribution is -2.06. The minimum absolute atomic E-state index is 0.633. The van der Waals surface area contributed by atoms with Gasteiger partial charge >= 0.3 is 0 Å². The Balaban J connectivity index is 2.05. The van der Waals surface area contributed by atoms with E-state index >= 15 is 0 Å². The average Bonchev–Trinajstić information content (AvgIpc) is 2.85. The molecule has 2 aromatic rings. The zero-order valence-electron chi connectivity index (χ0n) is 9.12. The van der Waals surface area contributed by atoms with E-state index in [1.165, 1.54) is 0 Å². The Labute approximate surface area is 104 Å². The number of aryl methyl sites for hydroxylation is 1. The fraction of sp³-hybridized carbons (Fsp3) is 0.167. The summed E-state index contributed by atoms with van der Waals surface area (Å²) in [5, 5.41) is 13.0. The van der Waals surface area contributed by atoms with Gasteiger partial charge in [0.25, 0.3) is 0 Å². The fourth-order valence-corrected chi connectivity index (χ4v) is 1.67. The van der Waals surface area contributed by atoms with Gasteiger partial charge in [-0.15, -0.1) is 0 Å². The van der Waals surface area contributed by atoms with Gasteiger partial charge in [-0.3, -0.25) is 0 Å². The molecule has 0 fully saturated rings. The molecule has 4 nitrogen and oxygen atoms in total. The second kappa shape index (κ2) is 5.50. The van der Waals surface area contributed by atoms with Crippen LogP contribution in [0.3, 0.4) is 0 Å². The maximum Gasteiger partial charge on any atom is 0.0946 e. The zero-order valence-corrected chi connectivity index (χ0v) is 9.88. The molecule has 0 radical (unpaired) electrons. The van der Waals surface area contributed by atoms with E-state index in [0.717, 1.165) is 12.1 Å². The van der Waals surface area contributed by atoms with E-state index in [0.29, 0.717) is 17.2 Å². The molecule has 0 bridgehead atoms. The van der Waals surface area contributed by atoms with Gasteiger partial charge in [0.2, 0.25) is 0 Å². The predicted molar refractivity (Wildman–Crippen MR) is 66.6 cm³/mol. The highest BCUT2D eigenvalue weighted by Gasteiger charge is 2.04. The maximum absolute atomic E-state index is 9.01. The van der Waals surface area contributed by atoms with Gasteiger partial charge in [-0.05, 0) is 17.7 Å². The van der Waals surface area contributed by atoms with Crippen molar-refractivity contribution in [2.45, 2.75) is 13.0 Å². The van der Waals surface area contributed by atoms with Crippen molar-refractivity contribution in [1.29, 1.82) is 0 Å². The third kappa shape index (κ3) is 3.07. The molecule has 0 spiro atoms. The highest BCUT2D eigenvalue weighted by molar-refractivity contribution is 6.30. The Hall–Kier alpha value is -1.81. The maximum atomic E-state index is 9.01. The molecule has 0 saturated heterocycles. The number of imidazole rings is 1. The van der Waals surface area contributed by atoms with E-state index in [9.17, 15) is 0 Å². The standard InChI is InChI=1S/C12H12ClN3O/c13-11-3-1-10(2-4-11)12(15-17)5-7-16-8-6-14-9-16/h1-4,6,8-9,17H,5,7H2/b15-12-. The molecule has 0 saturated carbocycles. The summed E-state index contributed by atoms with van der Waals surface area (Å²) in [6.07, 6.45) is 5.96. The number of nitrogens with zero attached hydrogens (tertiary/aromatic N) is 3. The molecule has 5 heteroatoms. The molecular weight excluding hydrogens is 238 g/mol. The summed E-state index contributed by atoms with van der Waals surface area (Å²) in [5.41, 5.74) is 1.51. The predicted octanol–water partition coefficient (Wildman–Crippen LogP) is 2.81. The SMILES string of the molecule is O/N=C(/CCn1ccnc1)c1ccc(Cl)cc1. The van der Waals surface area contributed by atoms with Crippen molar-refractivity contribution in [3.63, 3.8) is 0 Å². The average molecular weight is 250 g/mol. The summed E-state index contributed by atoms with van der Waals surface area (Å²) in [5.74, 6) is 0. The van der Waals surface area contributed by atoms with Crippen LogP contribution in [-0.4, -0.2) is 20.5 Å². The monoisotopic (exact) mass is 249 g/mol. The van der Waals surface area contributed by atoms with Crippen molar-refractivity contribution in [3.05, 3.63) is 53.6 Å². The minimum Gasteiger partial charge on any atom is -0.411 e. The van der Waals surface area contributed by atoms with Crippen LogP contribution in [0.25, 0.3) is 0 Å². The first kappa shape index (κ1) is 11.7. The minimum atomic E-state index is 0.633. The molecule has 88 valence electrons. The smallest absolute Gasteiger partial charge is 0.0946 e. The Morgan fingerprint density at radius 2 is 2.12 bits per heavy atom. The summed E-state index contributed by atoms with van der Waals surface area (Å²) in [7, 11) is 0. The van der Waals surface area contributed by atoms with Gasteiger partial charge in [-0.2, -0.15) is 0 Å². The van der Waals surface area contributed by atoms with Crippen LogP contribution >= 0.6 is 11.6 Å². The van der Waals surface area contributed by atoms with Crippen molar-refractivity contribution in [3.8, 4) is 0 Å². The van der Waals surface area contributed by atoms with Gasteiger partial charge < -0.3 is 9.77 Å². The first-order chi connectivity index (χ1) is 8.29. The summed E-state index contributed by atoms with van der Waals surface area (Å²) in [4.78, 5) is 3.95. The Morgan fingerprint density at radius 1 is 1.35 bits per heavy atom. The molecule has 0 aliphatic rings. The lowest BCUT2D eigenvalue weighted by Gasteiger charge is -2.05. The normalized spacial score (nSPS) is 11.7. The molecule has 17 heavy (non-hydrogen) atoms. The molecule has 0 aliphatic carbocycles. The topological polar surface area (TPSA) is 50.4 Å². The number of hydrogen-bond donors (Lipinski definition) is 1. The first-order valence-electron chi connectivity index (χ1n) is 5.22. The van der Waals surface area contributed by atoms with Crippen molar-refractivity contribution < 1.29 is 5.21 Å². The fourth-order valence-electron chi connectivity index (χ4n) is 1.55. The Kier molecular flexibility index (Phi) is 3.77. The summed E-state index contributed by atoms with van der Waals surface area (Å²) in [6.45, 7) is 0.724. The number of hydrogen-bond acceptors (Lipinski definition) is 3. The molecule has 0 atom stereocenters. The molecule has 0 aliphatic heterocycles. The second-order valence-electron chi connectivity index (χ2n) is 3.60. The van der Waals surface area contributed by atoms with Gasteiger partial charge in [0.15, 0.2) is 0 Å². The van der Waals surface area contributed by atoms with Gasteiger partial charge in [0.05, 0.1) is 12.0 Å². The highest BCUT2D eigenvalue weighted by atomic mass is 35.5. The van der Waals surface area contributed by atoms with Crippen LogP contribution in [0.2, 0.25) is 5.02 Å². The summed E-state index contributed by atoms with van der Waals surface area (Å²) < 4.78 is 1.93. The van der Waals surface area contributed by atoms with Crippen LogP contribution in [0.1, 0.15) is 12.0 Å². The van der Waals surface area contributed by atoms with E-state index in [1.54, 1.807) is 24.7 Å².